The molecule has 0 N–H and O–H groups in total. The van der Waals surface area contributed by atoms with Gasteiger partial charge in [0.05, 0.1) is 17.7 Å². The van der Waals surface area contributed by atoms with E-state index in [0.29, 0.717) is 0 Å². The summed E-state index contributed by atoms with van der Waals surface area (Å²) in [6.45, 7) is -9.99. The summed E-state index contributed by atoms with van der Waals surface area (Å²) in [5.41, 5.74) is -4.64. The Hall–Kier alpha value is -3.13. The molecule has 2 nitrogen and oxygen atoms in total. The number of fused-ring (bicyclic) bond motifs is 3. The number of aromatic nitrogens is 2. The maximum atomic E-state index is 9.23. The van der Waals surface area contributed by atoms with E-state index in [0.717, 1.165) is 4.40 Å². The predicted octanol–water partition coefficient (Wildman–Crippen LogP) is 5.49. The number of benzene rings is 3. The Labute approximate surface area is 185 Å². The molecule has 5 aromatic rings. The molecule has 130 valence electrons. The van der Waals surface area contributed by atoms with E-state index in [1.165, 1.54) is 4.57 Å². The molecule has 0 saturated carbocycles. The summed E-state index contributed by atoms with van der Waals surface area (Å²) in [6.07, 6.45) is -0.618. The van der Waals surface area contributed by atoms with Crippen molar-refractivity contribution in [2.24, 2.45) is 0 Å². The van der Waals surface area contributed by atoms with E-state index in [4.69, 9.17) is 24.7 Å². The van der Waals surface area contributed by atoms with Crippen LogP contribution in [0.2, 0.25) is 0 Å². The van der Waals surface area contributed by atoms with E-state index in [2.05, 4.69) is 0 Å². The van der Waals surface area contributed by atoms with Crippen LogP contribution in [-0.2, 0) is 6.54 Å². The van der Waals surface area contributed by atoms with Crippen molar-refractivity contribution in [1.82, 2.24) is 4.57 Å². The fraction of sp³-hybridized carbons (Fsp3) is 0.160. The first-order valence-electron chi connectivity index (χ1n) is 17.5. The van der Waals surface area contributed by atoms with E-state index < -0.39 is 120 Å². The van der Waals surface area contributed by atoms with E-state index in [-0.39, 0.29) is 28.5 Å². The van der Waals surface area contributed by atoms with Gasteiger partial charge in [0, 0.05) is 34.2 Å². The molecule has 1 aliphatic heterocycles. The van der Waals surface area contributed by atoms with Crippen molar-refractivity contribution in [1.29, 1.82) is 0 Å². The minimum atomic E-state index is -3.28. The summed E-state index contributed by atoms with van der Waals surface area (Å²) in [4.78, 5) is 0. The van der Waals surface area contributed by atoms with Crippen LogP contribution in [0.1, 0.15) is 48.3 Å². The van der Waals surface area contributed by atoms with Crippen molar-refractivity contribution in [2.45, 2.75) is 27.1 Å². The second-order valence-corrected chi connectivity index (χ2v) is 6.28. The smallest absolute Gasteiger partial charge is 0.225 e. The van der Waals surface area contributed by atoms with Gasteiger partial charge in [-0.1, -0.05) is 47.9 Å². The van der Waals surface area contributed by atoms with Gasteiger partial charge >= 0.3 is 0 Å². The number of hydrogen-bond donors (Lipinski definition) is 0. The molecule has 0 unspecified atom stereocenters. The summed E-state index contributed by atoms with van der Waals surface area (Å²) in [5.74, 6) is 0. The lowest BCUT2D eigenvalue weighted by atomic mass is 9.98. The highest BCUT2D eigenvalue weighted by Gasteiger charge is 2.31. The van der Waals surface area contributed by atoms with Crippen molar-refractivity contribution in [2.75, 3.05) is 0 Å². The summed E-state index contributed by atoms with van der Waals surface area (Å²) in [5, 5.41) is -0.644. The Bertz CT molecular complexity index is 2190. The lowest BCUT2D eigenvalue weighted by Crippen LogP contribution is -2.24. The normalized spacial score (nSPS) is 24.4. The van der Waals surface area contributed by atoms with Crippen LogP contribution in [-0.4, -0.2) is 4.57 Å². The van der Waals surface area contributed by atoms with E-state index in [1.807, 2.05) is 0 Å². The maximum Gasteiger partial charge on any atom is 0.295 e. The number of imidazole rings is 1. The summed E-state index contributed by atoms with van der Waals surface area (Å²) < 4.78 is 162. The molecule has 0 saturated heterocycles. The standard InChI is InChI=1S/C25H21N2/c1-15-10-11-21-20(12-15)19-9-5-8-18-13-26-14-22(27(21)25(26)24(18)19)23-16(2)6-4-7-17(23)3/h4-12,14H,13H2,1-3H3/q+1/i1D3,2D3,3D3,4D,5D,6D,7D,8D,9D,10D,11D,12D,14D. The van der Waals surface area contributed by atoms with E-state index in [1.54, 1.807) is 0 Å². The molecule has 0 atom stereocenters. The van der Waals surface area contributed by atoms with Crippen molar-refractivity contribution in [3.8, 4) is 11.3 Å². The Morgan fingerprint density at radius 1 is 0.963 bits per heavy atom. The molecule has 27 heavy (non-hydrogen) atoms. The van der Waals surface area contributed by atoms with Crippen molar-refractivity contribution in [3.05, 3.63) is 82.8 Å². The third-order valence-corrected chi connectivity index (χ3v) is 4.80. The lowest BCUT2D eigenvalue weighted by Gasteiger charge is -2.09. The van der Waals surface area contributed by atoms with Crippen LogP contribution in [0.5, 0.6) is 0 Å². The molecule has 0 bridgehead atoms. The zero-order chi connectivity index (χ0) is 34.5. The third-order valence-electron chi connectivity index (χ3n) is 4.80. The fourth-order valence-corrected chi connectivity index (χ4v) is 3.75. The zero-order valence-corrected chi connectivity index (χ0v) is 13.6. The van der Waals surface area contributed by atoms with Gasteiger partial charge in [-0.25, -0.2) is 4.57 Å². The lowest BCUT2D eigenvalue weighted by molar-refractivity contribution is -0.466. The average Bonchev–Trinajstić information content (AvgIpc) is 3.43. The average molecular weight is 369 g/mol. The number of nitrogens with zero attached hydrogens (tertiary/aromatic N) is 2. The highest BCUT2D eigenvalue weighted by molar-refractivity contribution is 6.11. The largest absolute Gasteiger partial charge is 0.295 e. The monoisotopic (exact) mass is 368 g/mol. The van der Waals surface area contributed by atoms with Crippen LogP contribution in [0.25, 0.3) is 38.6 Å². The van der Waals surface area contributed by atoms with Gasteiger partial charge < -0.3 is 0 Å². The fourth-order valence-electron chi connectivity index (χ4n) is 3.75. The van der Waals surface area contributed by atoms with Crippen LogP contribution in [0.15, 0.2) is 60.6 Å². The second-order valence-electron chi connectivity index (χ2n) is 6.28. The Balaban J connectivity index is 2.08. The van der Waals surface area contributed by atoms with Crippen LogP contribution >= 0.6 is 0 Å². The first-order valence-corrected chi connectivity index (χ1v) is 8.04. The number of hydrogen-bond acceptors (Lipinski definition) is 0. The topological polar surface area (TPSA) is 9.03 Å². The molecular formula is C25H21N2+. The molecule has 3 aromatic carbocycles. The van der Waals surface area contributed by atoms with Crippen molar-refractivity contribution < 1.29 is 30.4 Å². The van der Waals surface area contributed by atoms with Gasteiger partial charge in [0.1, 0.15) is 19.6 Å². The third kappa shape index (κ3) is 1.83. The minimum Gasteiger partial charge on any atom is -0.225 e. The van der Waals surface area contributed by atoms with Gasteiger partial charge in [0.15, 0.2) is 5.69 Å². The molecule has 1 aliphatic rings. The highest BCUT2D eigenvalue weighted by Crippen LogP contribution is 2.37. The van der Waals surface area contributed by atoms with Crippen LogP contribution in [0, 0.1) is 20.6 Å². The molecule has 0 spiro atoms. The molecule has 6 rings (SSSR count). The van der Waals surface area contributed by atoms with Gasteiger partial charge in [-0.15, -0.1) is 0 Å². The maximum absolute atomic E-state index is 9.23. The summed E-state index contributed by atoms with van der Waals surface area (Å²) in [6, 6.07) is -7.19. The molecule has 3 heterocycles. The molecule has 2 aromatic heterocycles. The quantitative estimate of drug-likeness (QED) is 0.268. The minimum absolute atomic E-state index is 0.000505. The van der Waals surface area contributed by atoms with Crippen LogP contribution < -0.4 is 4.40 Å². The Morgan fingerprint density at radius 2 is 1.81 bits per heavy atom. The zero-order valence-electron chi connectivity index (χ0n) is 32.6. The molecular weight excluding hydrogens is 328 g/mol. The first kappa shape index (κ1) is 5.45. The number of rotatable bonds is 1. The molecule has 0 aliphatic carbocycles. The first-order chi connectivity index (χ1) is 21.0. The molecule has 0 amide bonds. The van der Waals surface area contributed by atoms with Gasteiger partial charge in [-0.05, 0) is 43.8 Å². The van der Waals surface area contributed by atoms with E-state index in [9.17, 15) is 1.37 Å². The van der Waals surface area contributed by atoms with Gasteiger partial charge in [-0.2, -0.15) is 4.40 Å². The van der Waals surface area contributed by atoms with Gasteiger partial charge in [0.25, 0.3) is 5.65 Å². The number of pyridine rings is 1. The van der Waals surface area contributed by atoms with E-state index >= 15 is 0 Å². The van der Waals surface area contributed by atoms with Gasteiger partial charge in [0.2, 0.25) is 0 Å². The Kier molecular flexibility index (Phi) is 1.00. The van der Waals surface area contributed by atoms with Crippen LogP contribution in [0.3, 0.4) is 0 Å². The second kappa shape index (κ2) is 4.98. The van der Waals surface area contributed by atoms with Crippen molar-refractivity contribution in [3.63, 3.8) is 0 Å². The molecule has 2 heteroatoms. The van der Waals surface area contributed by atoms with Gasteiger partial charge in [-0.3, -0.25) is 0 Å². The predicted molar refractivity (Wildman–Crippen MR) is 111 cm³/mol. The molecule has 0 radical (unpaired) electrons. The summed E-state index contributed by atoms with van der Waals surface area (Å²) >= 11 is 0. The van der Waals surface area contributed by atoms with Crippen LogP contribution in [0.4, 0.5) is 0 Å². The van der Waals surface area contributed by atoms with Crippen molar-refractivity contribution >= 4 is 27.3 Å². The SMILES string of the molecule is [2H]c1c([2H])c(C([2H])([2H])[2H])c(-c2c([2H])n3c4c5c(c([2H])c([2H])c([2H])c5c5c([2H])c(C([2H])([2H])[2H])c([2H])c([2H])c5[n+]24)C3)c(C([2H])([2H])[2H])c1[2H]. The summed E-state index contributed by atoms with van der Waals surface area (Å²) in [7, 11) is 0. The highest BCUT2D eigenvalue weighted by atomic mass is 15.1. The molecule has 0 fully saturated rings. The Morgan fingerprint density at radius 3 is 2.63 bits per heavy atom.